The molecule has 0 bridgehead atoms. The second kappa shape index (κ2) is 9.99. The maximum absolute atomic E-state index is 13.2. The molecule has 6 nitrogen and oxygen atoms in total. The van der Waals surface area contributed by atoms with Crippen LogP contribution < -0.4 is 5.32 Å². The highest BCUT2D eigenvalue weighted by molar-refractivity contribution is 6.30. The Morgan fingerprint density at radius 2 is 1.72 bits per heavy atom. The first-order valence-electron chi connectivity index (χ1n) is 12.0. The van der Waals surface area contributed by atoms with E-state index in [0.29, 0.717) is 22.2 Å². The summed E-state index contributed by atoms with van der Waals surface area (Å²) in [5.74, 6) is -0.0202. The molecule has 2 amide bonds. The molecule has 0 radical (unpaired) electrons. The summed E-state index contributed by atoms with van der Waals surface area (Å²) in [6, 6.07) is 22.7. The molecular weight excluding hydrogens is 472 g/mol. The van der Waals surface area contributed by atoms with E-state index < -0.39 is 0 Å². The number of rotatable bonds is 7. The number of amides is 2. The monoisotopic (exact) mass is 498 g/mol. The Morgan fingerprint density at radius 1 is 1.00 bits per heavy atom. The third kappa shape index (κ3) is 5.19. The first kappa shape index (κ1) is 23.8. The third-order valence-electron chi connectivity index (χ3n) is 6.45. The van der Waals surface area contributed by atoms with Crippen LogP contribution in [-0.2, 0) is 4.79 Å². The summed E-state index contributed by atoms with van der Waals surface area (Å²) in [7, 11) is 0. The van der Waals surface area contributed by atoms with Crippen LogP contribution in [0.2, 0.25) is 5.02 Å². The first-order chi connectivity index (χ1) is 17.4. The zero-order valence-corrected chi connectivity index (χ0v) is 21.0. The van der Waals surface area contributed by atoms with Gasteiger partial charge in [0.25, 0.3) is 5.91 Å². The van der Waals surface area contributed by atoms with E-state index in [-0.39, 0.29) is 24.4 Å². The predicted molar refractivity (Wildman–Crippen MR) is 143 cm³/mol. The number of carbonyl (C=O) groups is 2. The third-order valence-corrected chi connectivity index (χ3v) is 6.70. The van der Waals surface area contributed by atoms with Crippen LogP contribution in [0.15, 0.2) is 79.0 Å². The summed E-state index contributed by atoms with van der Waals surface area (Å²) in [6.45, 7) is 4.08. The van der Waals surface area contributed by atoms with Gasteiger partial charge in [0.15, 0.2) is 0 Å². The van der Waals surface area contributed by atoms with Crippen molar-refractivity contribution < 1.29 is 9.59 Å². The van der Waals surface area contributed by atoms with E-state index in [1.54, 1.807) is 17.0 Å². The molecule has 0 saturated heterocycles. The molecule has 4 aromatic rings. The molecule has 1 aliphatic rings. The van der Waals surface area contributed by atoms with Crippen molar-refractivity contribution in [3.8, 4) is 16.9 Å². The van der Waals surface area contributed by atoms with E-state index >= 15 is 0 Å². The summed E-state index contributed by atoms with van der Waals surface area (Å²) in [5.41, 5.74) is 5.39. The van der Waals surface area contributed by atoms with E-state index in [1.165, 1.54) is 5.56 Å². The molecular formula is C29H27ClN4O2. The van der Waals surface area contributed by atoms with Gasteiger partial charge in [-0.2, -0.15) is 0 Å². The molecule has 0 unspecified atom stereocenters. The molecule has 5 rings (SSSR count). The van der Waals surface area contributed by atoms with Crippen LogP contribution in [0.4, 0.5) is 5.95 Å². The minimum absolute atomic E-state index is 0.0333. The number of nitrogens with one attached hydrogen (secondary N) is 1. The van der Waals surface area contributed by atoms with Gasteiger partial charge in [-0.15, -0.1) is 0 Å². The highest BCUT2D eigenvalue weighted by atomic mass is 35.5. The lowest BCUT2D eigenvalue weighted by Gasteiger charge is -2.22. The molecule has 0 atom stereocenters. The smallest absolute Gasteiger partial charge is 0.254 e. The number of imidazole rings is 1. The van der Waals surface area contributed by atoms with Crippen molar-refractivity contribution in [1.29, 1.82) is 0 Å². The zero-order valence-electron chi connectivity index (χ0n) is 20.2. The molecule has 7 heteroatoms. The minimum atomic E-state index is -0.287. The molecule has 1 fully saturated rings. The summed E-state index contributed by atoms with van der Waals surface area (Å²) in [5, 5.41) is 3.60. The van der Waals surface area contributed by atoms with Crippen molar-refractivity contribution in [3.63, 3.8) is 0 Å². The van der Waals surface area contributed by atoms with Crippen LogP contribution in [0.1, 0.15) is 34.3 Å². The Balaban J connectivity index is 1.44. The number of aromatic nitrogens is 2. The van der Waals surface area contributed by atoms with Gasteiger partial charge in [0.05, 0.1) is 5.69 Å². The fraction of sp³-hybridized carbons (Fsp3) is 0.207. The highest BCUT2D eigenvalue weighted by Gasteiger charge is 2.34. The number of hydrogen-bond acceptors (Lipinski definition) is 3. The fourth-order valence-corrected chi connectivity index (χ4v) is 4.24. The molecule has 1 heterocycles. The topological polar surface area (TPSA) is 67.2 Å². The maximum Gasteiger partial charge on any atom is 0.254 e. The van der Waals surface area contributed by atoms with Gasteiger partial charge in [0, 0.05) is 34.1 Å². The molecule has 0 spiro atoms. The highest BCUT2D eigenvalue weighted by Crippen LogP contribution is 2.29. The van der Waals surface area contributed by atoms with Crippen LogP contribution in [-0.4, -0.2) is 38.9 Å². The number of halogens is 1. The average Bonchev–Trinajstić information content (AvgIpc) is 3.65. The number of benzene rings is 3. The molecule has 1 aromatic heterocycles. The molecule has 1 aliphatic carbocycles. The van der Waals surface area contributed by atoms with Gasteiger partial charge in [0.1, 0.15) is 6.54 Å². The number of anilines is 1. The Labute approximate surface area is 215 Å². The zero-order chi connectivity index (χ0) is 25.2. The first-order valence-corrected chi connectivity index (χ1v) is 12.4. The largest absolute Gasteiger partial charge is 0.326 e. The van der Waals surface area contributed by atoms with Crippen molar-refractivity contribution in [2.24, 2.45) is 0 Å². The second-order valence-corrected chi connectivity index (χ2v) is 9.61. The Kier molecular flexibility index (Phi) is 6.61. The van der Waals surface area contributed by atoms with Crippen molar-refractivity contribution >= 4 is 29.4 Å². The van der Waals surface area contributed by atoms with E-state index in [2.05, 4.69) is 25.2 Å². The molecule has 0 aliphatic heterocycles. The molecule has 3 aromatic carbocycles. The normalized spacial score (nSPS) is 12.9. The van der Waals surface area contributed by atoms with Gasteiger partial charge in [-0.05, 0) is 74.2 Å². The average molecular weight is 499 g/mol. The van der Waals surface area contributed by atoms with E-state index in [0.717, 1.165) is 29.7 Å². The quantitative estimate of drug-likeness (QED) is 0.337. The number of nitrogens with zero attached hydrogens (tertiary/aromatic N) is 3. The summed E-state index contributed by atoms with van der Waals surface area (Å²) >= 11 is 6.07. The van der Waals surface area contributed by atoms with Gasteiger partial charge in [-0.1, -0.05) is 48.0 Å². The predicted octanol–water partition coefficient (Wildman–Crippen LogP) is 6.05. The Bertz CT molecular complexity index is 1410. The lowest BCUT2D eigenvalue weighted by Crippen LogP contribution is -2.39. The van der Waals surface area contributed by atoms with E-state index in [9.17, 15) is 9.59 Å². The lowest BCUT2D eigenvalue weighted by molar-refractivity contribution is -0.117. The van der Waals surface area contributed by atoms with Crippen molar-refractivity contribution in [2.75, 3.05) is 11.9 Å². The van der Waals surface area contributed by atoms with Crippen LogP contribution in [0.3, 0.4) is 0 Å². The molecule has 1 N–H and O–H groups in total. The minimum Gasteiger partial charge on any atom is -0.326 e. The fourth-order valence-electron chi connectivity index (χ4n) is 4.12. The van der Waals surface area contributed by atoms with Gasteiger partial charge < -0.3 is 4.90 Å². The Hall–Kier alpha value is -3.90. The molecule has 182 valence electrons. The lowest BCUT2D eigenvalue weighted by atomic mass is 10.1. The van der Waals surface area contributed by atoms with Crippen LogP contribution in [0.5, 0.6) is 0 Å². The van der Waals surface area contributed by atoms with Gasteiger partial charge in [0.2, 0.25) is 11.9 Å². The summed E-state index contributed by atoms with van der Waals surface area (Å²) in [6.07, 6.45) is 3.71. The van der Waals surface area contributed by atoms with E-state index in [4.69, 9.17) is 16.6 Å². The SMILES string of the molecule is Cc1ccc(-n2cc(-c3ccc(Cl)cc3)nc2NC(=O)CN(C(=O)c2ccccc2)C2CC2)cc1C. The van der Waals surface area contributed by atoms with Crippen LogP contribution in [0, 0.1) is 13.8 Å². The number of hydrogen-bond donors (Lipinski definition) is 1. The van der Waals surface area contributed by atoms with Gasteiger partial charge in [-0.3, -0.25) is 19.5 Å². The standard InChI is InChI=1S/C29H27ClN4O2/c1-19-8-13-25(16-20(19)2)34-17-26(21-9-11-23(30)12-10-21)31-29(34)32-27(35)18-33(24-14-15-24)28(36)22-6-4-3-5-7-22/h3-13,16-17,24H,14-15,18H2,1-2H3,(H,31,32,35). The van der Waals surface area contributed by atoms with E-state index in [1.807, 2.05) is 65.4 Å². The van der Waals surface area contributed by atoms with Gasteiger partial charge >= 0.3 is 0 Å². The van der Waals surface area contributed by atoms with Crippen LogP contribution in [0.25, 0.3) is 16.9 Å². The number of carbonyl (C=O) groups excluding carboxylic acids is 2. The molecule has 1 saturated carbocycles. The maximum atomic E-state index is 13.2. The summed E-state index contributed by atoms with van der Waals surface area (Å²) in [4.78, 5) is 32.7. The Morgan fingerprint density at radius 3 is 2.39 bits per heavy atom. The summed E-state index contributed by atoms with van der Waals surface area (Å²) < 4.78 is 1.87. The van der Waals surface area contributed by atoms with Crippen LogP contribution >= 0.6 is 11.6 Å². The van der Waals surface area contributed by atoms with Crippen molar-refractivity contribution in [1.82, 2.24) is 14.5 Å². The number of aryl methyl sites for hydroxylation is 2. The molecule has 36 heavy (non-hydrogen) atoms. The second-order valence-electron chi connectivity index (χ2n) is 9.17. The van der Waals surface area contributed by atoms with Gasteiger partial charge in [-0.25, -0.2) is 4.98 Å². The van der Waals surface area contributed by atoms with Crippen molar-refractivity contribution in [2.45, 2.75) is 32.7 Å². The van der Waals surface area contributed by atoms with Crippen molar-refractivity contribution in [3.05, 3.63) is 101 Å².